The van der Waals surface area contributed by atoms with Gasteiger partial charge in [0, 0.05) is 24.5 Å². The molecule has 0 radical (unpaired) electrons. The lowest BCUT2D eigenvalue weighted by Gasteiger charge is -2.15. The van der Waals surface area contributed by atoms with Crippen LogP contribution in [0.15, 0.2) is 72.1 Å². The predicted molar refractivity (Wildman–Crippen MR) is 137 cm³/mol. The zero-order valence-corrected chi connectivity index (χ0v) is 21.0. The first-order chi connectivity index (χ1) is 16.4. The van der Waals surface area contributed by atoms with E-state index in [9.17, 15) is 4.79 Å². The third-order valence-corrected chi connectivity index (χ3v) is 6.75. The maximum atomic E-state index is 12.8. The second-order valence-corrected chi connectivity index (χ2v) is 9.26. The van der Waals surface area contributed by atoms with E-state index in [-0.39, 0.29) is 5.91 Å². The number of ether oxygens (including phenoxy) is 2. The number of methoxy groups -OCH3 is 1. The molecule has 0 aliphatic rings. The highest BCUT2D eigenvalue weighted by Gasteiger charge is 2.17. The van der Waals surface area contributed by atoms with Gasteiger partial charge in [0.05, 0.1) is 17.2 Å². The number of amides is 1. The van der Waals surface area contributed by atoms with Crippen molar-refractivity contribution in [2.75, 3.05) is 14.2 Å². The number of carbonyl (C=O) groups is 1. The van der Waals surface area contributed by atoms with Gasteiger partial charge in [0.15, 0.2) is 11.5 Å². The third-order valence-electron chi connectivity index (χ3n) is 5.12. The second kappa shape index (κ2) is 10.9. The Hall–Kier alpha value is -3.06. The summed E-state index contributed by atoms with van der Waals surface area (Å²) in [5, 5.41) is 3.49. The number of hydrogen-bond donors (Lipinski definition) is 0. The van der Waals surface area contributed by atoms with Crippen LogP contribution >= 0.6 is 34.5 Å². The molecule has 0 N–H and O–H groups in total. The first-order valence-corrected chi connectivity index (χ1v) is 12.1. The van der Waals surface area contributed by atoms with Crippen LogP contribution in [-0.4, -0.2) is 29.9 Å². The molecule has 0 bridgehead atoms. The molecule has 1 amide bonds. The van der Waals surface area contributed by atoms with Gasteiger partial charge in [-0.2, -0.15) is 0 Å². The molecule has 0 saturated carbocycles. The lowest BCUT2D eigenvalue weighted by Crippen LogP contribution is -2.26. The Kier molecular flexibility index (Phi) is 7.73. The quantitative estimate of drug-likeness (QED) is 0.255. The molecular formula is C26H22Cl2N2O3S. The molecule has 1 aromatic heterocycles. The van der Waals surface area contributed by atoms with Crippen LogP contribution in [0.1, 0.15) is 21.6 Å². The van der Waals surface area contributed by atoms with E-state index in [0.717, 1.165) is 21.7 Å². The number of carbonyl (C=O) groups excluding carboxylic acids is 1. The van der Waals surface area contributed by atoms with Gasteiger partial charge >= 0.3 is 0 Å². The molecule has 5 nitrogen and oxygen atoms in total. The number of benzene rings is 3. The zero-order valence-electron chi connectivity index (χ0n) is 18.6. The zero-order chi connectivity index (χ0) is 24.1. The van der Waals surface area contributed by atoms with E-state index >= 15 is 0 Å². The largest absolute Gasteiger partial charge is 0.493 e. The number of thiazole rings is 1. The molecule has 0 spiro atoms. The van der Waals surface area contributed by atoms with Crippen LogP contribution in [0.4, 0.5) is 0 Å². The Bertz CT molecular complexity index is 1290. The molecule has 4 aromatic rings. The van der Waals surface area contributed by atoms with E-state index in [1.165, 1.54) is 11.3 Å². The van der Waals surface area contributed by atoms with Crippen molar-refractivity contribution in [1.29, 1.82) is 0 Å². The minimum Gasteiger partial charge on any atom is -0.493 e. The highest BCUT2D eigenvalue weighted by molar-refractivity contribution is 7.13. The van der Waals surface area contributed by atoms with Crippen LogP contribution in [0, 0.1) is 0 Å². The summed E-state index contributed by atoms with van der Waals surface area (Å²) in [6, 6.07) is 20.8. The summed E-state index contributed by atoms with van der Waals surface area (Å²) in [4.78, 5) is 19.1. The molecule has 0 atom stereocenters. The summed E-state index contributed by atoms with van der Waals surface area (Å²) in [5.41, 5.74) is 3.21. The van der Waals surface area contributed by atoms with Crippen LogP contribution in [0.5, 0.6) is 11.5 Å². The molecule has 34 heavy (non-hydrogen) atoms. The molecule has 0 unspecified atom stereocenters. The standard InChI is InChI=1S/C26H22Cl2N2O3S/c1-30(14-17-6-4-3-5-7-17)26(31)22-16-34-25(29-22)19-9-11-23(24(13-19)32-2)33-15-18-8-10-20(27)21(28)12-18/h3-13,16H,14-15H2,1-2H3. The van der Waals surface area contributed by atoms with Gasteiger partial charge in [-0.25, -0.2) is 4.98 Å². The first-order valence-electron chi connectivity index (χ1n) is 10.4. The topological polar surface area (TPSA) is 51.7 Å². The van der Waals surface area contributed by atoms with Gasteiger partial charge in [-0.1, -0.05) is 59.6 Å². The summed E-state index contributed by atoms with van der Waals surface area (Å²) < 4.78 is 11.5. The summed E-state index contributed by atoms with van der Waals surface area (Å²) in [6.45, 7) is 0.835. The average molecular weight is 513 g/mol. The van der Waals surface area contributed by atoms with Crippen molar-refractivity contribution in [3.8, 4) is 22.1 Å². The Labute approximate surface area is 212 Å². The van der Waals surface area contributed by atoms with E-state index in [1.807, 2.05) is 54.6 Å². The van der Waals surface area contributed by atoms with E-state index in [2.05, 4.69) is 4.98 Å². The molecular weight excluding hydrogens is 491 g/mol. The third kappa shape index (κ3) is 5.70. The lowest BCUT2D eigenvalue weighted by atomic mass is 10.2. The van der Waals surface area contributed by atoms with Gasteiger partial charge in [-0.15, -0.1) is 11.3 Å². The van der Waals surface area contributed by atoms with Crippen LogP contribution in [-0.2, 0) is 13.2 Å². The minimum atomic E-state index is -0.125. The van der Waals surface area contributed by atoms with Crippen molar-refractivity contribution in [3.05, 3.63) is 99.0 Å². The van der Waals surface area contributed by atoms with E-state index < -0.39 is 0 Å². The predicted octanol–water partition coefficient (Wildman–Crippen LogP) is 6.98. The van der Waals surface area contributed by atoms with Crippen molar-refractivity contribution < 1.29 is 14.3 Å². The smallest absolute Gasteiger partial charge is 0.273 e. The number of halogens is 2. The second-order valence-electron chi connectivity index (χ2n) is 7.59. The number of hydrogen-bond acceptors (Lipinski definition) is 5. The highest BCUT2D eigenvalue weighted by Crippen LogP contribution is 2.34. The van der Waals surface area contributed by atoms with Crippen LogP contribution in [0.25, 0.3) is 10.6 Å². The molecule has 4 rings (SSSR count). The normalized spacial score (nSPS) is 10.7. The van der Waals surface area contributed by atoms with Crippen molar-refractivity contribution >= 4 is 40.4 Å². The van der Waals surface area contributed by atoms with Gasteiger partial charge in [0.1, 0.15) is 17.3 Å². The van der Waals surface area contributed by atoms with Gasteiger partial charge in [0.25, 0.3) is 5.91 Å². The van der Waals surface area contributed by atoms with Crippen molar-refractivity contribution in [2.45, 2.75) is 13.2 Å². The Morgan fingerprint density at radius 1 is 0.971 bits per heavy atom. The van der Waals surface area contributed by atoms with E-state index in [0.29, 0.717) is 40.4 Å². The van der Waals surface area contributed by atoms with E-state index in [4.69, 9.17) is 32.7 Å². The fourth-order valence-electron chi connectivity index (χ4n) is 3.34. The van der Waals surface area contributed by atoms with Gasteiger partial charge in [-0.05, 0) is 41.5 Å². The summed E-state index contributed by atoms with van der Waals surface area (Å²) in [6.07, 6.45) is 0. The molecule has 0 fully saturated rings. The Balaban J connectivity index is 1.46. The van der Waals surface area contributed by atoms with Crippen LogP contribution < -0.4 is 9.47 Å². The summed E-state index contributed by atoms with van der Waals surface area (Å²) in [5.74, 6) is 1.04. The minimum absolute atomic E-state index is 0.125. The SMILES string of the molecule is COc1cc(-c2nc(C(=O)N(C)Cc3ccccc3)cs2)ccc1OCc1ccc(Cl)c(Cl)c1. The summed E-state index contributed by atoms with van der Waals surface area (Å²) >= 11 is 13.5. The fourth-order valence-corrected chi connectivity index (χ4v) is 4.45. The molecule has 8 heteroatoms. The highest BCUT2D eigenvalue weighted by atomic mass is 35.5. The molecule has 0 aliphatic heterocycles. The molecule has 0 saturated heterocycles. The first kappa shape index (κ1) is 24.1. The number of nitrogens with zero attached hydrogens (tertiary/aromatic N) is 2. The van der Waals surface area contributed by atoms with Crippen molar-refractivity contribution in [1.82, 2.24) is 9.88 Å². The van der Waals surface area contributed by atoms with Crippen molar-refractivity contribution in [2.24, 2.45) is 0 Å². The monoisotopic (exact) mass is 512 g/mol. The Morgan fingerprint density at radius 3 is 2.50 bits per heavy atom. The fraction of sp³-hybridized carbons (Fsp3) is 0.154. The molecule has 0 aliphatic carbocycles. The van der Waals surface area contributed by atoms with Crippen LogP contribution in [0.2, 0.25) is 10.0 Å². The van der Waals surface area contributed by atoms with Gasteiger partial charge in [0.2, 0.25) is 0 Å². The molecule has 174 valence electrons. The summed E-state index contributed by atoms with van der Waals surface area (Å²) in [7, 11) is 3.36. The lowest BCUT2D eigenvalue weighted by molar-refractivity contribution is 0.0780. The number of rotatable bonds is 8. The number of aromatic nitrogens is 1. The Morgan fingerprint density at radius 2 is 1.76 bits per heavy atom. The van der Waals surface area contributed by atoms with E-state index in [1.54, 1.807) is 36.6 Å². The van der Waals surface area contributed by atoms with Gasteiger partial charge in [-0.3, -0.25) is 4.79 Å². The van der Waals surface area contributed by atoms with Crippen molar-refractivity contribution in [3.63, 3.8) is 0 Å². The van der Waals surface area contributed by atoms with Gasteiger partial charge < -0.3 is 14.4 Å². The average Bonchev–Trinajstić information content (AvgIpc) is 3.35. The maximum absolute atomic E-state index is 12.8. The molecule has 3 aromatic carbocycles. The maximum Gasteiger partial charge on any atom is 0.273 e. The van der Waals surface area contributed by atoms with Crippen LogP contribution in [0.3, 0.4) is 0 Å². The molecule has 1 heterocycles.